The van der Waals surface area contributed by atoms with Gasteiger partial charge in [0.25, 0.3) is 0 Å². The van der Waals surface area contributed by atoms with Crippen LogP contribution in [0, 0.1) is 6.92 Å². The molecule has 2 nitrogen and oxygen atoms in total. The van der Waals surface area contributed by atoms with Crippen molar-refractivity contribution in [2.75, 3.05) is 13.2 Å². The molecule has 1 aromatic rings. The summed E-state index contributed by atoms with van der Waals surface area (Å²) in [6, 6.07) is 3.96. The molecular formula is C9H14O2S. The number of aryl methyl sites for hydroxylation is 1. The van der Waals surface area contributed by atoms with Crippen LogP contribution in [0.2, 0.25) is 0 Å². The third kappa shape index (κ3) is 2.59. The third-order valence-corrected chi connectivity index (χ3v) is 2.67. The number of hydrogen-bond donors (Lipinski definition) is 1. The van der Waals surface area contributed by atoms with Crippen molar-refractivity contribution in [1.29, 1.82) is 0 Å². The van der Waals surface area contributed by atoms with Crippen LogP contribution in [0.1, 0.15) is 22.8 Å². The van der Waals surface area contributed by atoms with E-state index in [0.29, 0.717) is 13.2 Å². The van der Waals surface area contributed by atoms with Crippen LogP contribution in [0.15, 0.2) is 12.1 Å². The standard InChI is InChI=1S/C9H14O2S/c1-3-11-6-8(10)9-5-4-7(2)12-9/h4-5,8,10H,3,6H2,1-2H3. The average molecular weight is 186 g/mol. The Balaban J connectivity index is 2.47. The Morgan fingerprint density at radius 2 is 2.33 bits per heavy atom. The molecule has 0 aliphatic rings. The first-order valence-electron chi connectivity index (χ1n) is 4.06. The van der Waals surface area contributed by atoms with E-state index in [0.717, 1.165) is 4.88 Å². The highest BCUT2D eigenvalue weighted by atomic mass is 32.1. The van der Waals surface area contributed by atoms with Crippen molar-refractivity contribution in [2.24, 2.45) is 0 Å². The lowest BCUT2D eigenvalue weighted by Crippen LogP contribution is -2.04. The zero-order chi connectivity index (χ0) is 8.97. The quantitative estimate of drug-likeness (QED) is 0.780. The Morgan fingerprint density at radius 1 is 1.58 bits per heavy atom. The van der Waals surface area contributed by atoms with E-state index in [1.807, 2.05) is 26.0 Å². The first kappa shape index (κ1) is 9.71. The minimum absolute atomic E-state index is 0.399. The van der Waals surface area contributed by atoms with Crippen LogP contribution in [0.5, 0.6) is 0 Å². The molecule has 0 amide bonds. The first-order valence-corrected chi connectivity index (χ1v) is 4.88. The number of ether oxygens (including phenoxy) is 1. The average Bonchev–Trinajstić information content (AvgIpc) is 2.47. The monoisotopic (exact) mass is 186 g/mol. The maximum absolute atomic E-state index is 9.55. The van der Waals surface area contributed by atoms with E-state index in [1.54, 1.807) is 11.3 Å². The van der Waals surface area contributed by atoms with Gasteiger partial charge in [-0.15, -0.1) is 11.3 Å². The molecule has 0 saturated heterocycles. The van der Waals surface area contributed by atoms with Gasteiger partial charge < -0.3 is 9.84 Å². The fourth-order valence-electron chi connectivity index (χ4n) is 0.944. The van der Waals surface area contributed by atoms with Gasteiger partial charge in [0.1, 0.15) is 6.10 Å². The van der Waals surface area contributed by atoms with Crippen molar-refractivity contribution >= 4 is 11.3 Å². The SMILES string of the molecule is CCOCC(O)c1ccc(C)s1. The summed E-state index contributed by atoms with van der Waals surface area (Å²) in [4.78, 5) is 2.21. The maximum atomic E-state index is 9.55. The molecule has 1 N–H and O–H groups in total. The topological polar surface area (TPSA) is 29.5 Å². The molecule has 1 unspecified atom stereocenters. The van der Waals surface area contributed by atoms with E-state index in [9.17, 15) is 5.11 Å². The largest absolute Gasteiger partial charge is 0.385 e. The Bertz CT molecular complexity index is 232. The molecule has 0 fully saturated rings. The van der Waals surface area contributed by atoms with Crippen molar-refractivity contribution in [3.8, 4) is 0 Å². The maximum Gasteiger partial charge on any atom is 0.111 e. The van der Waals surface area contributed by atoms with Crippen molar-refractivity contribution in [1.82, 2.24) is 0 Å². The number of aliphatic hydroxyl groups excluding tert-OH is 1. The van der Waals surface area contributed by atoms with Crippen LogP contribution in [0.3, 0.4) is 0 Å². The highest BCUT2D eigenvalue weighted by Crippen LogP contribution is 2.22. The summed E-state index contributed by atoms with van der Waals surface area (Å²) in [7, 11) is 0. The summed E-state index contributed by atoms with van der Waals surface area (Å²) in [6.45, 7) is 5.01. The molecule has 12 heavy (non-hydrogen) atoms. The predicted octanol–water partition coefficient (Wildman–Crippen LogP) is 2.13. The second-order valence-electron chi connectivity index (χ2n) is 2.62. The molecule has 1 heterocycles. The van der Waals surface area contributed by atoms with Crippen LogP contribution in [0.25, 0.3) is 0 Å². The summed E-state index contributed by atoms with van der Waals surface area (Å²) >= 11 is 1.62. The predicted molar refractivity (Wildman–Crippen MR) is 50.5 cm³/mol. The lowest BCUT2D eigenvalue weighted by Gasteiger charge is -2.07. The van der Waals surface area contributed by atoms with Crippen LogP contribution in [-0.4, -0.2) is 18.3 Å². The van der Waals surface area contributed by atoms with Gasteiger partial charge in [0.15, 0.2) is 0 Å². The van der Waals surface area contributed by atoms with Crippen molar-refractivity contribution in [3.05, 3.63) is 21.9 Å². The van der Waals surface area contributed by atoms with E-state index in [4.69, 9.17) is 4.74 Å². The summed E-state index contributed by atoms with van der Waals surface area (Å²) in [5.74, 6) is 0. The number of aliphatic hydroxyl groups is 1. The molecule has 0 spiro atoms. The molecule has 1 atom stereocenters. The lowest BCUT2D eigenvalue weighted by atomic mass is 10.3. The highest BCUT2D eigenvalue weighted by Gasteiger charge is 2.08. The van der Waals surface area contributed by atoms with Gasteiger partial charge >= 0.3 is 0 Å². The van der Waals surface area contributed by atoms with Crippen molar-refractivity contribution in [2.45, 2.75) is 20.0 Å². The van der Waals surface area contributed by atoms with Crippen LogP contribution >= 0.6 is 11.3 Å². The summed E-state index contributed by atoms with van der Waals surface area (Å²) in [6.07, 6.45) is -0.455. The molecule has 1 aromatic heterocycles. The Kier molecular flexibility index (Phi) is 3.72. The number of rotatable bonds is 4. The number of thiophene rings is 1. The Hall–Kier alpha value is -0.380. The molecule has 3 heteroatoms. The van der Waals surface area contributed by atoms with Gasteiger partial charge in [-0.05, 0) is 26.0 Å². The molecule has 0 saturated carbocycles. The van der Waals surface area contributed by atoms with Gasteiger partial charge in [-0.1, -0.05) is 0 Å². The zero-order valence-electron chi connectivity index (χ0n) is 7.41. The van der Waals surface area contributed by atoms with E-state index in [2.05, 4.69) is 0 Å². The van der Waals surface area contributed by atoms with Crippen molar-refractivity contribution in [3.63, 3.8) is 0 Å². The molecular weight excluding hydrogens is 172 g/mol. The van der Waals surface area contributed by atoms with Crippen LogP contribution < -0.4 is 0 Å². The minimum Gasteiger partial charge on any atom is -0.385 e. The second-order valence-corrected chi connectivity index (χ2v) is 3.94. The normalized spacial score (nSPS) is 13.2. The van der Waals surface area contributed by atoms with E-state index < -0.39 is 6.10 Å². The molecule has 1 rings (SSSR count). The van der Waals surface area contributed by atoms with Gasteiger partial charge in [-0.25, -0.2) is 0 Å². The highest BCUT2D eigenvalue weighted by molar-refractivity contribution is 7.12. The Labute approximate surface area is 76.8 Å². The fraction of sp³-hybridized carbons (Fsp3) is 0.556. The van der Waals surface area contributed by atoms with E-state index >= 15 is 0 Å². The summed E-state index contributed by atoms with van der Waals surface area (Å²) in [5, 5.41) is 9.55. The van der Waals surface area contributed by atoms with Gasteiger partial charge in [0, 0.05) is 16.4 Å². The molecule has 0 aromatic carbocycles. The lowest BCUT2D eigenvalue weighted by molar-refractivity contribution is 0.0439. The molecule has 0 aliphatic heterocycles. The van der Waals surface area contributed by atoms with Crippen molar-refractivity contribution < 1.29 is 9.84 Å². The van der Waals surface area contributed by atoms with Crippen LogP contribution in [0.4, 0.5) is 0 Å². The van der Waals surface area contributed by atoms with Gasteiger partial charge in [0.05, 0.1) is 6.61 Å². The second kappa shape index (κ2) is 4.60. The molecule has 0 radical (unpaired) electrons. The first-order chi connectivity index (χ1) is 5.74. The molecule has 0 aliphatic carbocycles. The van der Waals surface area contributed by atoms with Gasteiger partial charge in [0.2, 0.25) is 0 Å². The van der Waals surface area contributed by atoms with E-state index in [-0.39, 0.29) is 0 Å². The zero-order valence-corrected chi connectivity index (χ0v) is 8.23. The third-order valence-electron chi connectivity index (χ3n) is 1.57. The van der Waals surface area contributed by atoms with Gasteiger partial charge in [-0.2, -0.15) is 0 Å². The van der Waals surface area contributed by atoms with E-state index in [1.165, 1.54) is 4.88 Å². The molecule has 68 valence electrons. The smallest absolute Gasteiger partial charge is 0.111 e. The summed E-state index contributed by atoms with van der Waals surface area (Å²) in [5.41, 5.74) is 0. The Morgan fingerprint density at radius 3 is 2.83 bits per heavy atom. The number of hydrogen-bond acceptors (Lipinski definition) is 3. The fourth-order valence-corrected chi connectivity index (χ4v) is 1.79. The minimum atomic E-state index is -0.455. The van der Waals surface area contributed by atoms with Crippen LogP contribution in [-0.2, 0) is 4.74 Å². The van der Waals surface area contributed by atoms with Gasteiger partial charge in [-0.3, -0.25) is 0 Å². The molecule has 0 bridgehead atoms. The summed E-state index contributed by atoms with van der Waals surface area (Å²) < 4.78 is 5.12.